The van der Waals surface area contributed by atoms with Gasteiger partial charge in [0.1, 0.15) is 5.82 Å². The van der Waals surface area contributed by atoms with Gasteiger partial charge in [-0.1, -0.05) is 105 Å². The molecule has 4 nitrogen and oxygen atoms in total. The third kappa shape index (κ3) is 4.71. The number of fused-ring (bicyclic) bond motifs is 12. The molecule has 0 amide bonds. The molecule has 0 spiro atoms. The topological polar surface area (TPSA) is 52.8 Å². The summed E-state index contributed by atoms with van der Waals surface area (Å²) >= 11 is 1.83. The first-order valence-corrected chi connectivity index (χ1v) is 20.7. The normalized spacial score (nSPS) is 18.4. The lowest BCUT2D eigenvalue weighted by Gasteiger charge is -2.34. The maximum atomic E-state index is 9.47. The predicted molar refractivity (Wildman–Crippen MR) is 235 cm³/mol. The van der Waals surface area contributed by atoms with Crippen LogP contribution in [0.4, 0.5) is 11.5 Å². The van der Waals surface area contributed by atoms with Gasteiger partial charge in [-0.15, -0.1) is 11.3 Å². The molecule has 3 aliphatic carbocycles. The molecule has 3 heterocycles. The van der Waals surface area contributed by atoms with Crippen molar-refractivity contribution in [2.24, 2.45) is 5.92 Å². The van der Waals surface area contributed by atoms with E-state index in [1.165, 1.54) is 59.0 Å². The summed E-state index contributed by atoms with van der Waals surface area (Å²) in [7, 11) is 0. The van der Waals surface area contributed by atoms with Gasteiger partial charge in [0.05, 0.1) is 23.0 Å². The fourth-order valence-electron chi connectivity index (χ4n) is 10.2. The molecule has 0 saturated heterocycles. The molecule has 2 unspecified atom stereocenters. The zero-order valence-corrected chi connectivity index (χ0v) is 32.4. The molecule has 4 aliphatic rings. The Morgan fingerprint density at radius 2 is 1.56 bits per heavy atom. The quantitative estimate of drug-likeness (QED) is 0.181. The molecule has 6 aromatic carbocycles. The molecule has 0 N–H and O–H groups in total. The number of hydrogen-bond donors (Lipinski definition) is 0. The van der Waals surface area contributed by atoms with Gasteiger partial charge in [0, 0.05) is 53.9 Å². The van der Waals surface area contributed by atoms with E-state index in [0.717, 1.165) is 58.0 Å². The summed E-state index contributed by atoms with van der Waals surface area (Å²) in [5, 5.41) is 14.6. The minimum absolute atomic E-state index is 0.247. The van der Waals surface area contributed by atoms with Crippen LogP contribution >= 0.6 is 11.3 Å². The minimum Gasteiger partial charge on any atom is -0.297 e. The zero-order chi connectivity index (χ0) is 38.0. The van der Waals surface area contributed by atoms with Crippen LogP contribution in [0.25, 0.3) is 64.7 Å². The summed E-state index contributed by atoms with van der Waals surface area (Å²) < 4.78 is 2.55. The van der Waals surface area contributed by atoms with Gasteiger partial charge in [-0.3, -0.25) is 4.90 Å². The summed E-state index contributed by atoms with van der Waals surface area (Å²) in [6.45, 7) is 4.68. The monoisotopic (exact) mass is 748 g/mol. The molecule has 5 heteroatoms. The van der Waals surface area contributed by atoms with Crippen LogP contribution in [0.5, 0.6) is 0 Å². The maximum absolute atomic E-state index is 9.47. The second-order valence-electron chi connectivity index (χ2n) is 16.4. The van der Waals surface area contributed by atoms with Gasteiger partial charge in [-0.2, -0.15) is 5.26 Å². The Hall–Kier alpha value is -6.61. The highest BCUT2D eigenvalue weighted by atomic mass is 32.1. The van der Waals surface area contributed by atoms with Gasteiger partial charge in [-0.25, -0.2) is 9.97 Å². The average Bonchev–Trinajstić information content (AvgIpc) is 3.87. The number of thiophene rings is 1. The summed E-state index contributed by atoms with van der Waals surface area (Å²) in [6, 6.07) is 45.9. The fourth-order valence-corrected chi connectivity index (χ4v) is 11.3. The summed E-state index contributed by atoms with van der Waals surface area (Å²) in [5.41, 5.74) is 13.3. The van der Waals surface area contributed by atoms with Crippen molar-refractivity contribution in [2.75, 3.05) is 4.90 Å². The van der Waals surface area contributed by atoms with E-state index in [9.17, 15) is 5.26 Å². The highest BCUT2D eigenvalue weighted by Crippen LogP contribution is 2.60. The minimum atomic E-state index is -0.408. The van der Waals surface area contributed by atoms with Crippen LogP contribution in [0.3, 0.4) is 0 Å². The molecule has 270 valence electrons. The van der Waals surface area contributed by atoms with Crippen LogP contribution < -0.4 is 4.90 Å². The molecule has 1 aliphatic heterocycles. The van der Waals surface area contributed by atoms with Crippen molar-refractivity contribution >= 4 is 53.8 Å². The Kier molecular flexibility index (Phi) is 6.84. The van der Waals surface area contributed by atoms with Crippen molar-refractivity contribution in [1.29, 1.82) is 5.26 Å². The molecule has 8 aromatic rings. The first-order valence-electron chi connectivity index (χ1n) is 19.8. The number of hydrogen-bond acceptors (Lipinski definition) is 5. The van der Waals surface area contributed by atoms with E-state index in [2.05, 4.69) is 146 Å². The highest BCUT2D eigenvalue weighted by Gasteiger charge is 2.47. The molecule has 2 atom stereocenters. The Labute approximate surface area is 335 Å². The van der Waals surface area contributed by atoms with Crippen LogP contribution in [0.1, 0.15) is 54.9 Å². The summed E-state index contributed by atoms with van der Waals surface area (Å²) in [4.78, 5) is 13.8. The predicted octanol–water partition coefficient (Wildman–Crippen LogP) is 13.5. The standard InChI is InChI=1S/C52H36N4S/c1-52(2)42-27-35(31-17-15-30(29-53)16-18-31)19-22-39(42)49-48(52)51(55-50(54-49)36-21-24-46-40(26-36)38-13-7-8-14-45(38)57-46)56-43-23-20-32-9-5-6-12-37(32)47(43)41-25-33-10-3-4-11-34(33)28-44(41)56/h3-9,11-24,26-28,33,41H,10,25H2,1-2H3. The molecule has 0 saturated carbocycles. The first-order chi connectivity index (χ1) is 27.9. The molecule has 0 fully saturated rings. The van der Waals surface area contributed by atoms with E-state index in [1.54, 1.807) is 0 Å². The van der Waals surface area contributed by atoms with Crippen molar-refractivity contribution in [3.05, 3.63) is 179 Å². The third-order valence-electron chi connectivity index (χ3n) is 13.0. The number of benzene rings is 6. The second kappa shape index (κ2) is 11.9. The summed E-state index contributed by atoms with van der Waals surface area (Å²) in [5.74, 6) is 2.44. The van der Waals surface area contributed by atoms with E-state index in [0.29, 0.717) is 11.5 Å². The van der Waals surface area contributed by atoms with Gasteiger partial charge >= 0.3 is 0 Å². The van der Waals surface area contributed by atoms with Gasteiger partial charge in [0.25, 0.3) is 0 Å². The highest BCUT2D eigenvalue weighted by molar-refractivity contribution is 7.25. The third-order valence-corrected chi connectivity index (χ3v) is 14.1. The lowest BCUT2D eigenvalue weighted by atomic mass is 9.75. The second-order valence-corrected chi connectivity index (χ2v) is 17.5. The SMILES string of the molecule is CC1(C)c2cc(-c3ccc(C#N)cc3)ccc2-c2nc(-c3ccc4sc5ccccc5c4c3)nc(N3C4=CC5=CC=CCC5CC4c4c3ccc3ccccc43)c21. The van der Waals surface area contributed by atoms with Crippen LogP contribution in [0.15, 0.2) is 157 Å². The maximum Gasteiger partial charge on any atom is 0.162 e. The lowest BCUT2D eigenvalue weighted by Crippen LogP contribution is -2.26. The van der Waals surface area contributed by atoms with Crippen LogP contribution in [-0.2, 0) is 5.41 Å². The van der Waals surface area contributed by atoms with E-state index in [-0.39, 0.29) is 5.92 Å². The fraction of sp³-hybridized carbons (Fsp3) is 0.135. The molecule has 12 rings (SSSR count). The van der Waals surface area contributed by atoms with Crippen LogP contribution in [0.2, 0.25) is 0 Å². The molecule has 2 aromatic heterocycles. The molecule has 57 heavy (non-hydrogen) atoms. The van der Waals surface area contributed by atoms with E-state index >= 15 is 0 Å². The van der Waals surface area contributed by atoms with Gasteiger partial charge < -0.3 is 0 Å². The van der Waals surface area contributed by atoms with E-state index in [4.69, 9.17) is 9.97 Å². The number of nitrogens with zero attached hydrogens (tertiary/aromatic N) is 4. The number of allylic oxidation sites excluding steroid dienone is 6. The smallest absolute Gasteiger partial charge is 0.162 e. The number of nitriles is 1. The average molecular weight is 749 g/mol. The van der Waals surface area contributed by atoms with Crippen molar-refractivity contribution in [3.63, 3.8) is 0 Å². The molecular formula is C52H36N4S. The molecule has 0 radical (unpaired) electrons. The molecule has 0 bridgehead atoms. The Morgan fingerprint density at radius 1 is 0.772 bits per heavy atom. The Balaban J connectivity index is 1.13. The first kappa shape index (κ1) is 32.6. The number of rotatable bonds is 3. The Bertz CT molecular complexity index is 3190. The van der Waals surface area contributed by atoms with Crippen LogP contribution in [-0.4, -0.2) is 9.97 Å². The van der Waals surface area contributed by atoms with Gasteiger partial charge in [0.15, 0.2) is 5.82 Å². The largest absolute Gasteiger partial charge is 0.297 e. The lowest BCUT2D eigenvalue weighted by molar-refractivity contribution is 0.515. The molecular weight excluding hydrogens is 713 g/mol. The van der Waals surface area contributed by atoms with Crippen molar-refractivity contribution < 1.29 is 0 Å². The van der Waals surface area contributed by atoms with E-state index < -0.39 is 5.41 Å². The van der Waals surface area contributed by atoms with Crippen molar-refractivity contribution in [1.82, 2.24) is 9.97 Å². The van der Waals surface area contributed by atoms with Crippen LogP contribution in [0, 0.1) is 17.2 Å². The zero-order valence-electron chi connectivity index (χ0n) is 31.6. The van der Waals surface area contributed by atoms with Gasteiger partial charge in [-0.05, 0) is 112 Å². The Morgan fingerprint density at radius 3 is 2.44 bits per heavy atom. The van der Waals surface area contributed by atoms with Crippen molar-refractivity contribution in [3.8, 4) is 39.8 Å². The van der Waals surface area contributed by atoms with Gasteiger partial charge in [0.2, 0.25) is 0 Å². The summed E-state index contributed by atoms with van der Waals surface area (Å²) in [6.07, 6.45) is 11.5. The number of aromatic nitrogens is 2. The number of anilines is 2. The van der Waals surface area contributed by atoms with E-state index in [1.807, 2.05) is 35.6 Å². The van der Waals surface area contributed by atoms with Crippen molar-refractivity contribution in [2.45, 2.75) is 38.0 Å².